The molecule has 3 aromatic rings. The number of hydrogen-bond acceptors (Lipinski definition) is 3. The average molecular weight is 212 g/mol. The summed E-state index contributed by atoms with van der Waals surface area (Å²) in [5.41, 5.74) is 1.18. The molecule has 2 aromatic heterocycles. The van der Waals surface area contributed by atoms with Crippen molar-refractivity contribution in [1.82, 2.24) is 9.38 Å². The van der Waals surface area contributed by atoms with Crippen LogP contribution in [0.15, 0.2) is 36.7 Å². The van der Waals surface area contributed by atoms with Gasteiger partial charge in [-0.2, -0.15) is 0 Å². The first kappa shape index (κ1) is 8.91. The Kier molecular flexibility index (Phi) is 1.71. The molecule has 4 heteroatoms. The Morgan fingerprint density at radius 3 is 3.00 bits per heavy atom. The number of nitrogens with zero attached hydrogens (tertiary/aromatic N) is 2. The second kappa shape index (κ2) is 3.06. The van der Waals surface area contributed by atoms with Gasteiger partial charge in [0.1, 0.15) is 17.1 Å². The van der Waals surface area contributed by atoms with Gasteiger partial charge >= 0.3 is 0 Å². The number of hydrogen-bond donors (Lipinski definition) is 1. The zero-order valence-corrected chi connectivity index (χ0v) is 8.29. The maximum absolute atomic E-state index is 10.8. The molecule has 0 bridgehead atoms. The first-order valence-electron chi connectivity index (χ1n) is 4.83. The molecule has 0 amide bonds. The molecule has 78 valence electrons. The van der Waals surface area contributed by atoms with Crippen molar-refractivity contribution in [2.24, 2.45) is 0 Å². The third-order valence-electron chi connectivity index (χ3n) is 2.63. The zero-order chi connectivity index (χ0) is 11.1. The van der Waals surface area contributed by atoms with E-state index < -0.39 is 0 Å². The van der Waals surface area contributed by atoms with Crippen molar-refractivity contribution in [3.05, 3.63) is 42.4 Å². The topological polar surface area (TPSA) is 54.6 Å². The SMILES string of the molecule is O=Cc1cnc2c3cc(O)ccc3ccn12. The Balaban J connectivity index is 2.53. The van der Waals surface area contributed by atoms with Crippen molar-refractivity contribution in [2.75, 3.05) is 0 Å². The van der Waals surface area contributed by atoms with Crippen molar-refractivity contribution >= 4 is 22.7 Å². The highest BCUT2D eigenvalue weighted by molar-refractivity contribution is 5.95. The molecule has 1 aromatic carbocycles. The fraction of sp³-hybridized carbons (Fsp3) is 0. The molecule has 0 unspecified atom stereocenters. The maximum atomic E-state index is 10.8. The van der Waals surface area contributed by atoms with Gasteiger partial charge < -0.3 is 5.11 Å². The van der Waals surface area contributed by atoms with E-state index in [0.717, 1.165) is 17.1 Å². The Morgan fingerprint density at radius 1 is 1.31 bits per heavy atom. The number of phenols is 1. The molecule has 0 saturated carbocycles. The molecule has 2 heterocycles. The first-order valence-corrected chi connectivity index (χ1v) is 4.83. The van der Waals surface area contributed by atoms with Gasteiger partial charge in [0.05, 0.1) is 6.20 Å². The number of imidazole rings is 1. The third-order valence-corrected chi connectivity index (χ3v) is 2.63. The summed E-state index contributed by atoms with van der Waals surface area (Å²) in [5.74, 6) is 0.191. The van der Waals surface area contributed by atoms with E-state index >= 15 is 0 Å². The van der Waals surface area contributed by atoms with E-state index in [9.17, 15) is 9.90 Å². The molecule has 0 aliphatic carbocycles. The number of phenolic OH excluding ortho intramolecular Hbond substituents is 1. The van der Waals surface area contributed by atoms with Crippen LogP contribution in [-0.4, -0.2) is 20.8 Å². The van der Waals surface area contributed by atoms with Crippen LogP contribution in [0.3, 0.4) is 0 Å². The highest BCUT2D eigenvalue weighted by Gasteiger charge is 2.06. The number of carbonyl (C=O) groups excluding carboxylic acids is 1. The van der Waals surface area contributed by atoms with Gasteiger partial charge in [-0.25, -0.2) is 4.98 Å². The Hall–Kier alpha value is -2.36. The van der Waals surface area contributed by atoms with Crippen LogP contribution >= 0.6 is 0 Å². The highest BCUT2D eigenvalue weighted by Crippen LogP contribution is 2.23. The molecule has 4 nitrogen and oxygen atoms in total. The molecule has 0 spiro atoms. The summed E-state index contributed by atoms with van der Waals surface area (Å²) in [6.07, 6.45) is 4.08. The van der Waals surface area contributed by atoms with Crippen LogP contribution in [-0.2, 0) is 0 Å². The predicted octanol–water partition coefficient (Wildman–Crippen LogP) is 2.01. The standard InChI is InChI=1S/C12H8N2O2/c15-7-9-6-13-12-11-5-10(16)2-1-8(11)3-4-14(9)12/h1-7,16H. The second-order valence-corrected chi connectivity index (χ2v) is 3.58. The Morgan fingerprint density at radius 2 is 2.19 bits per heavy atom. The van der Waals surface area contributed by atoms with Crippen LogP contribution in [0, 0.1) is 0 Å². The van der Waals surface area contributed by atoms with E-state index in [1.54, 1.807) is 22.7 Å². The minimum absolute atomic E-state index is 0.191. The molecule has 16 heavy (non-hydrogen) atoms. The van der Waals surface area contributed by atoms with Crippen molar-refractivity contribution in [1.29, 1.82) is 0 Å². The van der Waals surface area contributed by atoms with Crippen molar-refractivity contribution in [3.63, 3.8) is 0 Å². The summed E-state index contributed by atoms with van der Waals surface area (Å²) in [6.45, 7) is 0. The first-order chi connectivity index (χ1) is 7.79. The van der Waals surface area contributed by atoms with Crippen molar-refractivity contribution in [3.8, 4) is 5.75 Å². The largest absolute Gasteiger partial charge is 0.508 e. The minimum atomic E-state index is 0.191. The number of fused-ring (bicyclic) bond motifs is 3. The lowest BCUT2D eigenvalue weighted by Gasteiger charge is -2.01. The van der Waals surface area contributed by atoms with E-state index in [1.165, 1.54) is 6.20 Å². The highest BCUT2D eigenvalue weighted by atomic mass is 16.3. The van der Waals surface area contributed by atoms with E-state index in [0.29, 0.717) is 11.3 Å². The summed E-state index contributed by atoms with van der Waals surface area (Å²) < 4.78 is 1.70. The lowest BCUT2D eigenvalue weighted by molar-refractivity contribution is 0.111. The van der Waals surface area contributed by atoms with Crippen LogP contribution in [0.4, 0.5) is 0 Å². The lowest BCUT2D eigenvalue weighted by atomic mass is 10.1. The average Bonchev–Trinajstić information content (AvgIpc) is 2.72. The third kappa shape index (κ3) is 1.10. The molecule has 0 radical (unpaired) electrons. The van der Waals surface area contributed by atoms with Gasteiger partial charge in [0.15, 0.2) is 6.29 Å². The van der Waals surface area contributed by atoms with Crippen LogP contribution in [0.1, 0.15) is 10.5 Å². The van der Waals surface area contributed by atoms with Crippen LogP contribution in [0.2, 0.25) is 0 Å². The summed E-state index contributed by atoms with van der Waals surface area (Å²) in [6, 6.07) is 6.98. The van der Waals surface area contributed by atoms with Crippen molar-refractivity contribution in [2.45, 2.75) is 0 Å². The van der Waals surface area contributed by atoms with E-state index in [2.05, 4.69) is 4.98 Å². The smallest absolute Gasteiger partial charge is 0.168 e. The normalized spacial score (nSPS) is 11.0. The Labute approximate surface area is 90.8 Å². The van der Waals surface area contributed by atoms with Crippen molar-refractivity contribution < 1.29 is 9.90 Å². The molecule has 0 aliphatic heterocycles. The van der Waals surface area contributed by atoms with Gasteiger partial charge in [-0.05, 0) is 23.6 Å². The summed E-state index contributed by atoms with van der Waals surface area (Å²) >= 11 is 0. The number of rotatable bonds is 1. The summed E-state index contributed by atoms with van der Waals surface area (Å²) in [5, 5.41) is 11.3. The van der Waals surface area contributed by atoms with Crippen LogP contribution in [0.5, 0.6) is 5.75 Å². The zero-order valence-electron chi connectivity index (χ0n) is 8.29. The molecule has 0 fully saturated rings. The van der Waals surface area contributed by atoms with E-state index in [-0.39, 0.29) is 5.75 Å². The fourth-order valence-corrected chi connectivity index (χ4v) is 1.86. The predicted molar refractivity (Wildman–Crippen MR) is 59.8 cm³/mol. The molecular formula is C12H8N2O2. The van der Waals surface area contributed by atoms with Crippen LogP contribution < -0.4 is 0 Å². The second-order valence-electron chi connectivity index (χ2n) is 3.58. The lowest BCUT2D eigenvalue weighted by Crippen LogP contribution is -1.90. The number of benzene rings is 1. The van der Waals surface area contributed by atoms with Gasteiger partial charge in [-0.1, -0.05) is 6.07 Å². The van der Waals surface area contributed by atoms with Crippen LogP contribution in [0.25, 0.3) is 16.4 Å². The van der Waals surface area contributed by atoms with Gasteiger partial charge in [-0.15, -0.1) is 0 Å². The number of carbonyl (C=O) groups is 1. The minimum Gasteiger partial charge on any atom is -0.508 e. The Bertz CT molecular complexity index is 701. The summed E-state index contributed by atoms with van der Waals surface area (Å²) in [4.78, 5) is 15.0. The molecule has 1 N–H and O–H groups in total. The van der Waals surface area contributed by atoms with Gasteiger partial charge in [0.25, 0.3) is 0 Å². The summed E-state index contributed by atoms with van der Waals surface area (Å²) in [7, 11) is 0. The van der Waals surface area contributed by atoms with E-state index in [4.69, 9.17) is 0 Å². The number of aromatic hydroxyl groups is 1. The molecule has 0 saturated heterocycles. The monoisotopic (exact) mass is 212 g/mol. The number of pyridine rings is 1. The fourth-order valence-electron chi connectivity index (χ4n) is 1.86. The maximum Gasteiger partial charge on any atom is 0.168 e. The number of aldehydes is 1. The molecular weight excluding hydrogens is 204 g/mol. The van der Waals surface area contributed by atoms with E-state index in [1.807, 2.05) is 12.1 Å². The molecule has 3 rings (SSSR count). The van der Waals surface area contributed by atoms with Gasteiger partial charge in [-0.3, -0.25) is 9.20 Å². The molecule has 0 aliphatic rings. The van der Waals surface area contributed by atoms with Gasteiger partial charge in [0, 0.05) is 11.6 Å². The quantitative estimate of drug-likeness (QED) is 0.628. The van der Waals surface area contributed by atoms with Gasteiger partial charge in [0.2, 0.25) is 0 Å². The number of aromatic nitrogens is 2. The molecule has 0 atom stereocenters.